The molecule has 0 aromatic carbocycles. The van der Waals surface area contributed by atoms with Gasteiger partial charge in [0.1, 0.15) is 6.42 Å². The molecule has 8 heavy (non-hydrogen) atoms. The molecule has 2 N–H and O–H groups in total. The van der Waals surface area contributed by atoms with E-state index < -0.39 is 0 Å². The summed E-state index contributed by atoms with van der Waals surface area (Å²) >= 11 is 0. The van der Waals surface area contributed by atoms with Gasteiger partial charge >= 0.3 is 0 Å². The lowest BCUT2D eigenvalue weighted by Crippen LogP contribution is -2.45. The van der Waals surface area contributed by atoms with Gasteiger partial charge in [0.25, 0.3) is 0 Å². The number of rotatable bonds is 0. The normalized spacial score (nSPS) is 19.5. The van der Waals surface area contributed by atoms with Crippen molar-refractivity contribution in [2.45, 2.75) is 6.42 Å². The van der Waals surface area contributed by atoms with Crippen LogP contribution in [0.5, 0.6) is 0 Å². The van der Waals surface area contributed by atoms with Crippen molar-refractivity contribution in [1.29, 1.82) is 0 Å². The molecule has 0 aromatic rings. The largest absolute Gasteiger partial charge is 0.338 e. The molecule has 1 rings (SSSR count). The van der Waals surface area contributed by atoms with E-state index >= 15 is 0 Å². The highest BCUT2D eigenvalue weighted by Crippen LogP contribution is 1.82. The Bertz CT molecular complexity index is 118. The first-order valence-electron chi connectivity index (χ1n) is 2.32. The molecule has 1 heterocycles. The second-order valence-electron chi connectivity index (χ2n) is 1.55. The van der Waals surface area contributed by atoms with Crippen LogP contribution < -0.4 is 10.6 Å². The Hall–Kier alpha value is -1.06. The highest BCUT2D eigenvalue weighted by atomic mass is 16.2. The summed E-state index contributed by atoms with van der Waals surface area (Å²) in [5.74, 6) is -0.400. The number of carbonyl (C=O) groups is 2. The Morgan fingerprint density at radius 3 is 1.88 bits per heavy atom. The van der Waals surface area contributed by atoms with Crippen molar-refractivity contribution in [2.24, 2.45) is 0 Å². The van der Waals surface area contributed by atoms with Crippen LogP contribution in [0.1, 0.15) is 6.42 Å². The molecule has 4 heteroatoms. The van der Waals surface area contributed by atoms with E-state index in [1.807, 2.05) is 0 Å². The first kappa shape index (κ1) is 5.08. The van der Waals surface area contributed by atoms with Gasteiger partial charge in [0.05, 0.1) is 6.67 Å². The van der Waals surface area contributed by atoms with Crippen molar-refractivity contribution in [3.63, 3.8) is 0 Å². The Kier molecular flexibility index (Phi) is 1.15. The van der Waals surface area contributed by atoms with Crippen LogP contribution in [0.4, 0.5) is 0 Å². The molecular formula is C4H6N2O2. The van der Waals surface area contributed by atoms with Crippen LogP contribution in [0.2, 0.25) is 0 Å². The quantitative estimate of drug-likeness (QED) is 0.380. The predicted octanol–water partition coefficient (Wildman–Crippen LogP) is -1.42. The van der Waals surface area contributed by atoms with Gasteiger partial charge in [0.15, 0.2) is 0 Å². The summed E-state index contributed by atoms with van der Waals surface area (Å²) in [6, 6.07) is 0. The molecule has 1 fully saturated rings. The summed E-state index contributed by atoms with van der Waals surface area (Å²) in [7, 11) is 0. The fraction of sp³-hybridized carbons (Fsp3) is 0.500. The fourth-order valence-corrected chi connectivity index (χ4v) is 0.512. The average molecular weight is 114 g/mol. The van der Waals surface area contributed by atoms with E-state index in [-0.39, 0.29) is 24.9 Å². The Morgan fingerprint density at radius 2 is 1.62 bits per heavy atom. The van der Waals surface area contributed by atoms with Gasteiger partial charge in [-0.05, 0) is 0 Å². The van der Waals surface area contributed by atoms with Gasteiger partial charge in [-0.2, -0.15) is 0 Å². The lowest BCUT2D eigenvalue weighted by atomic mass is 10.3. The van der Waals surface area contributed by atoms with Gasteiger partial charge in [-0.15, -0.1) is 0 Å². The van der Waals surface area contributed by atoms with E-state index in [0.29, 0.717) is 0 Å². The molecule has 1 aliphatic rings. The van der Waals surface area contributed by atoms with Gasteiger partial charge in [-0.25, -0.2) is 0 Å². The van der Waals surface area contributed by atoms with Gasteiger partial charge in [0, 0.05) is 0 Å². The standard InChI is InChI=1S/C4H6N2O2/c7-3-1-4(8)6-2-5-3/h1-2H2,(H,5,7)(H,6,8). The van der Waals surface area contributed by atoms with Gasteiger partial charge < -0.3 is 10.6 Å². The van der Waals surface area contributed by atoms with Crippen molar-refractivity contribution in [3.05, 3.63) is 0 Å². The molecule has 0 aliphatic carbocycles. The molecule has 4 nitrogen and oxygen atoms in total. The lowest BCUT2D eigenvalue weighted by molar-refractivity contribution is -0.132. The minimum atomic E-state index is -0.200. The minimum absolute atomic E-state index is 0.0278. The summed E-state index contributed by atoms with van der Waals surface area (Å²) in [6.45, 7) is 0.275. The van der Waals surface area contributed by atoms with Crippen LogP contribution >= 0.6 is 0 Å². The Morgan fingerprint density at radius 1 is 1.12 bits per heavy atom. The van der Waals surface area contributed by atoms with Crippen LogP contribution in [-0.4, -0.2) is 18.5 Å². The second-order valence-corrected chi connectivity index (χ2v) is 1.55. The second kappa shape index (κ2) is 1.81. The summed E-state index contributed by atoms with van der Waals surface area (Å²) in [6.07, 6.45) is -0.0278. The number of hydrogen-bond acceptors (Lipinski definition) is 2. The maximum Gasteiger partial charge on any atom is 0.230 e. The molecule has 1 aliphatic heterocycles. The molecule has 1 saturated heterocycles. The predicted molar refractivity (Wildman–Crippen MR) is 25.8 cm³/mol. The van der Waals surface area contributed by atoms with Crippen LogP contribution in [0.25, 0.3) is 0 Å². The van der Waals surface area contributed by atoms with Crippen LogP contribution in [-0.2, 0) is 9.59 Å². The molecule has 0 saturated carbocycles. The van der Waals surface area contributed by atoms with Gasteiger partial charge in [-0.1, -0.05) is 0 Å². The highest BCUT2D eigenvalue weighted by Gasteiger charge is 2.12. The zero-order valence-electron chi connectivity index (χ0n) is 4.23. The van der Waals surface area contributed by atoms with Crippen molar-refractivity contribution in [3.8, 4) is 0 Å². The molecule has 2 amide bonds. The number of amides is 2. The maximum absolute atomic E-state index is 10.3. The van der Waals surface area contributed by atoms with E-state index in [4.69, 9.17) is 0 Å². The third-order valence-electron chi connectivity index (χ3n) is 0.892. The topological polar surface area (TPSA) is 58.2 Å². The maximum atomic E-state index is 10.3. The van der Waals surface area contributed by atoms with E-state index in [9.17, 15) is 9.59 Å². The Balaban J connectivity index is 2.45. The number of hydrogen-bond donors (Lipinski definition) is 2. The summed E-state index contributed by atoms with van der Waals surface area (Å²) in [4.78, 5) is 20.6. The Labute approximate surface area is 46.3 Å². The molecular weight excluding hydrogens is 108 g/mol. The average Bonchev–Trinajstić information content (AvgIpc) is 1.64. The number of carbonyl (C=O) groups excluding carboxylic acids is 2. The van der Waals surface area contributed by atoms with Crippen molar-refractivity contribution >= 4 is 11.8 Å². The zero-order valence-corrected chi connectivity index (χ0v) is 4.23. The summed E-state index contributed by atoms with van der Waals surface area (Å²) in [5.41, 5.74) is 0. The van der Waals surface area contributed by atoms with Gasteiger partial charge in [-0.3, -0.25) is 9.59 Å². The molecule has 0 bridgehead atoms. The lowest BCUT2D eigenvalue weighted by Gasteiger charge is -2.11. The van der Waals surface area contributed by atoms with Crippen LogP contribution in [0.3, 0.4) is 0 Å². The van der Waals surface area contributed by atoms with Crippen LogP contribution in [0, 0.1) is 0 Å². The first-order valence-corrected chi connectivity index (χ1v) is 2.32. The summed E-state index contributed by atoms with van der Waals surface area (Å²) < 4.78 is 0. The third kappa shape index (κ3) is 0.959. The summed E-state index contributed by atoms with van der Waals surface area (Å²) in [5, 5.41) is 4.88. The molecule has 44 valence electrons. The highest BCUT2D eigenvalue weighted by molar-refractivity contribution is 5.98. The van der Waals surface area contributed by atoms with E-state index in [0.717, 1.165) is 0 Å². The molecule has 0 aromatic heterocycles. The molecule has 0 spiro atoms. The molecule has 0 radical (unpaired) electrons. The smallest absolute Gasteiger partial charge is 0.230 e. The SMILES string of the molecule is O=C1CC(=O)NCN1. The van der Waals surface area contributed by atoms with E-state index in [1.165, 1.54) is 0 Å². The first-order chi connectivity index (χ1) is 3.79. The van der Waals surface area contributed by atoms with E-state index in [2.05, 4.69) is 10.6 Å². The fourth-order valence-electron chi connectivity index (χ4n) is 0.512. The molecule has 0 atom stereocenters. The van der Waals surface area contributed by atoms with Gasteiger partial charge in [0.2, 0.25) is 11.8 Å². The monoisotopic (exact) mass is 114 g/mol. The minimum Gasteiger partial charge on any atom is -0.338 e. The third-order valence-corrected chi connectivity index (χ3v) is 0.892. The molecule has 0 unspecified atom stereocenters. The van der Waals surface area contributed by atoms with Crippen molar-refractivity contribution < 1.29 is 9.59 Å². The number of nitrogens with one attached hydrogen (secondary N) is 2. The van der Waals surface area contributed by atoms with E-state index in [1.54, 1.807) is 0 Å². The van der Waals surface area contributed by atoms with Crippen molar-refractivity contribution in [2.75, 3.05) is 6.67 Å². The van der Waals surface area contributed by atoms with Crippen molar-refractivity contribution in [1.82, 2.24) is 10.6 Å². The zero-order chi connectivity index (χ0) is 5.98. The van der Waals surface area contributed by atoms with Crippen LogP contribution in [0.15, 0.2) is 0 Å².